The summed E-state index contributed by atoms with van der Waals surface area (Å²) in [6.45, 7) is 4.47. The van der Waals surface area contributed by atoms with E-state index in [4.69, 9.17) is 4.74 Å². The minimum Gasteiger partial charge on any atom is -0.497 e. The number of aliphatic hydroxyl groups is 1. The fourth-order valence-electron chi connectivity index (χ4n) is 8.49. The van der Waals surface area contributed by atoms with Crippen LogP contribution in [0.25, 0.3) is 0 Å². The Hall–Kier alpha value is -1.35. The number of ether oxygens (including phenoxy) is 1. The number of rotatable bonds is 3. The van der Waals surface area contributed by atoms with Gasteiger partial charge < -0.3 is 9.84 Å². The second-order valence-electron chi connectivity index (χ2n) is 11.4. The van der Waals surface area contributed by atoms with Crippen LogP contribution in [0.3, 0.4) is 0 Å². The molecule has 1 N–H and O–H groups in total. The van der Waals surface area contributed by atoms with E-state index in [0.29, 0.717) is 11.7 Å². The molecule has 1 aromatic carbocycles. The third-order valence-electron chi connectivity index (χ3n) is 9.91. The summed E-state index contributed by atoms with van der Waals surface area (Å²) in [5.41, 5.74) is 0.522. The first-order valence-corrected chi connectivity index (χ1v) is 12.2. The molecule has 0 aromatic heterocycles. The normalized spacial score (nSPS) is 45.2. The summed E-state index contributed by atoms with van der Waals surface area (Å²) in [6.07, 6.45) is 10.5. The molecule has 0 amide bonds. The lowest BCUT2D eigenvalue weighted by Gasteiger charge is -2.56. The molecule has 8 atom stereocenters. The van der Waals surface area contributed by atoms with Gasteiger partial charge in [-0.3, -0.25) is 4.79 Å². The van der Waals surface area contributed by atoms with E-state index in [1.165, 1.54) is 38.5 Å². The molecule has 5 rings (SSSR count). The molecule has 4 saturated carbocycles. The monoisotopic (exact) mass is 410 g/mol. The topological polar surface area (TPSA) is 46.5 Å². The maximum atomic E-state index is 13.6. The Labute approximate surface area is 181 Å². The van der Waals surface area contributed by atoms with Crippen molar-refractivity contribution in [2.45, 2.75) is 77.2 Å². The number of hydrogen-bond acceptors (Lipinski definition) is 3. The largest absolute Gasteiger partial charge is 0.497 e. The third kappa shape index (κ3) is 3.23. The number of hydrogen-bond donors (Lipinski definition) is 1. The number of Topliss-reactive ketones (excluding diaryl/α,β-unsaturated/α-hetero) is 1. The molecule has 4 fully saturated rings. The van der Waals surface area contributed by atoms with Gasteiger partial charge >= 0.3 is 0 Å². The zero-order valence-corrected chi connectivity index (χ0v) is 18.9. The molecule has 0 unspecified atom stereocenters. The first-order chi connectivity index (χ1) is 14.3. The number of ketones is 1. The minimum atomic E-state index is -0.446. The third-order valence-corrected chi connectivity index (χ3v) is 9.91. The van der Waals surface area contributed by atoms with Gasteiger partial charge in [0.2, 0.25) is 0 Å². The van der Waals surface area contributed by atoms with Crippen molar-refractivity contribution in [3.8, 4) is 5.75 Å². The van der Waals surface area contributed by atoms with Crippen molar-refractivity contribution in [3.63, 3.8) is 0 Å². The highest BCUT2D eigenvalue weighted by atomic mass is 16.5. The molecule has 0 spiro atoms. The van der Waals surface area contributed by atoms with Gasteiger partial charge in [0.1, 0.15) is 5.75 Å². The van der Waals surface area contributed by atoms with Crippen LogP contribution in [0.4, 0.5) is 0 Å². The first-order valence-electron chi connectivity index (χ1n) is 12.2. The Bertz CT molecular complexity index is 814. The molecular weight excluding hydrogens is 372 g/mol. The van der Waals surface area contributed by atoms with E-state index in [-0.39, 0.29) is 11.3 Å². The van der Waals surface area contributed by atoms with Crippen LogP contribution >= 0.6 is 0 Å². The van der Waals surface area contributed by atoms with Crippen LogP contribution in [0, 0.1) is 40.9 Å². The molecular formula is C27H38O3. The van der Waals surface area contributed by atoms with Crippen molar-refractivity contribution < 1.29 is 14.6 Å². The number of methoxy groups -OCH3 is 1. The van der Waals surface area contributed by atoms with Gasteiger partial charge in [0.15, 0.2) is 5.78 Å². The molecule has 4 aliphatic rings. The Kier molecular flexibility index (Phi) is 5.04. The highest BCUT2D eigenvalue weighted by molar-refractivity contribution is 5.99. The minimum absolute atomic E-state index is 0.147. The average molecular weight is 411 g/mol. The van der Waals surface area contributed by atoms with E-state index < -0.39 is 5.60 Å². The van der Waals surface area contributed by atoms with E-state index in [1.54, 1.807) is 7.11 Å². The Morgan fingerprint density at radius 2 is 1.80 bits per heavy atom. The summed E-state index contributed by atoms with van der Waals surface area (Å²) in [7, 11) is 1.67. The Balaban J connectivity index is 1.36. The van der Waals surface area contributed by atoms with Crippen LogP contribution in [-0.4, -0.2) is 23.6 Å². The fraction of sp³-hybridized carbons (Fsp3) is 0.741. The van der Waals surface area contributed by atoms with Crippen LogP contribution < -0.4 is 4.74 Å². The summed E-state index contributed by atoms with van der Waals surface area (Å²) >= 11 is 0. The van der Waals surface area contributed by atoms with E-state index in [2.05, 4.69) is 6.92 Å². The molecule has 4 aliphatic carbocycles. The summed E-state index contributed by atoms with van der Waals surface area (Å²) in [6, 6.07) is 7.74. The number of carbonyl (C=O) groups is 1. The molecule has 0 radical (unpaired) electrons. The van der Waals surface area contributed by atoms with Crippen molar-refractivity contribution in [3.05, 3.63) is 29.8 Å². The highest BCUT2D eigenvalue weighted by Crippen LogP contribution is 2.65. The average Bonchev–Trinajstić information content (AvgIpc) is 3.09. The number of fused-ring (bicyclic) bond motifs is 5. The second-order valence-corrected chi connectivity index (χ2v) is 11.4. The molecule has 3 heteroatoms. The van der Waals surface area contributed by atoms with Crippen LogP contribution in [0.5, 0.6) is 5.75 Å². The van der Waals surface area contributed by atoms with Crippen LogP contribution in [0.2, 0.25) is 0 Å². The van der Waals surface area contributed by atoms with Gasteiger partial charge in [-0.05, 0) is 112 Å². The quantitative estimate of drug-likeness (QED) is 0.631. The van der Waals surface area contributed by atoms with E-state index >= 15 is 0 Å². The zero-order chi connectivity index (χ0) is 21.1. The Morgan fingerprint density at radius 3 is 2.60 bits per heavy atom. The van der Waals surface area contributed by atoms with E-state index in [0.717, 1.165) is 54.2 Å². The SMILES string of the molecule is COc1cccc(C(=O)[C@H]2CC[C@H]3[C@@H]4CC[C@@H]5C[C@](C)(O)CC[C@@H]5[C@H]4CC[C@]23C)c1. The van der Waals surface area contributed by atoms with Crippen molar-refractivity contribution in [1.82, 2.24) is 0 Å². The van der Waals surface area contributed by atoms with Crippen molar-refractivity contribution in [2.75, 3.05) is 7.11 Å². The standard InChI is InChI=1S/C27H38O3/c1-26(29)13-11-20-18(16-26)7-8-22-21(20)12-14-27(2)23(22)9-10-24(27)25(28)17-5-4-6-19(15-17)30-3/h4-6,15,18,20-24,29H,7-14,16H2,1-3H3/t18-,20+,21-,22-,23+,24-,26-,27+/m1/s1. The molecule has 164 valence electrons. The fourth-order valence-corrected chi connectivity index (χ4v) is 8.49. The van der Waals surface area contributed by atoms with Gasteiger partial charge in [0.05, 0.1) is 12.7 Å². The summed E-state index contributed by atoms with van der Waals surface area (Å²) < 4.78 is 5.37. The smallest absolute Gasteiger partial charge is 0.166 e. The molecule has 0 saturated heterocycles. The van der Waals surface area contributed by atoms with Gasteiger partial charge in [-0.25, -0.2) is 0 Å². The lowest BCUT2D eigenvalue weighted by molar-refractivity contribution is -0.0976. The molecule has 0 heterocycles. The van der Waals surface area contributed by atoms with Crippen LogP contribution in [0.1, 0.15) is 82.0 Å². The molecule has 0 aliphatic heterocycles. The number of carbonyl (C=O) groups excluding carboxylic acids is 1. The summed E-state index contributed by atoms with van der Waals surface area (Å²) in [5.74, 6) is 5.09. The molecule has 3 nitrogen and oxygen atoms in total. The van der Waals surface area contributed by atoms with Crippen LogP contribution in [0.15, 0.2) is 24.3 Å². The lowest BCUT2D eigenvalue weighted by Crippen LogP contribution is -2.51. The summed E-state index contributed by atoms with van der Waals surface area (Å²) in [5, 5.41) is 10.6. The van der Waals surface area contributed by atoms with Gasteiger partial charge in [-0.15, -0.1) is 0 Å². The molecule has 0 bridgehead atoms. The summed E-state index contributed by atoms with van der Waals surface area (Å²) in [4.78, 5) is 13.6. The zero-order valence-electron chi connectivity index (χ0n) is 18.9. The van der Waals surface area contributed by atoms with Crippen molar-refractivity contribution in [1.29, 1.82) is 0 Å². The van der Waals surface area contributed by atoms with Gasteiger partial charge in [-0.1, -0.05) is 19.1 Å². The van der Waals surface area contributed by atoms with Gasteiger partial charge in [0, 0.05) is 11.5 Å². The van der Waals surface area contributed by atoms with Crippen molar-refractivity contribution in [2.24, 2.45) is 40.9 Å². The molecule has 30 heavy (non-hydrogen) atoms. The van der Waals surface area contributed by atoms with Gasteiger partial charge in [0.25, 0.3) is 0 Å². The predicted octanol–water partition coefficient (Wildman–Crippen LogP) is 5.90. The van der Waals surface area contributed by atoms with E-state index in [9.17, 15) is 9.90 Å². The highest BCUT2D eigenvalue weighted by Gasteiger charge is 2.58. The second kappa shape index (κ2) is 7.36. The van der Waals surface area contributed by atoms with Crippen molar-refractivity contribution >= 4 is 5.78 Å². The Morgan fingerprint density at radius 1 is 1.00 bits per heavy atom. The first kappa shape index (κ1) is 20.5. The van der Waals surface area contributed by atoms with Crippen LogP contribution in [-0.2, 0) is 0 Å². The lowest BCUT2D eigenvalue weighted by atomic mass is 9.49. The maximum absolute atomic E-state index is 13.6. The predicted molar refractivity (Wildman–Crippen MR) is 119 cm³/mol. The molecule has 1 aromatic rings. The van der Waals surface area contributed by atoms with E-state index in [1.807, 2.05) is 31.2 Å². The maximum Gasteiger partial charge on any atom is 0.166 e. The number of benzene rings is 1. The van der Waals surface area contributed by atoms with Gasteiger partial charge in [-0.2, -0.15) is 0 Å².